The summed E-state index contributed by atoms with van der Waals surface area (Å²) in [5, 5.41) is 0. The van der Waals surface area contributed by atoms with Crippen molar-refractivity contribution in [2.45, 2.75) is 86.9 Å². The van der Waals surface area contributed by atoms with Gasteiger partial charge in [0.15, 0.2) is 5.75 Å². The zero-order valence-corrected chi connectivity index (χ0v) is 23.5. The highest BCUT2D eigenvalue weighted by Crippen LogP contribution is 2.28. The van der Waals surface area contributed by atoms with Crippen LogP contribution in [0.2, 0.25) is 0 Å². The van der Waals surface area contributed by atoms with Crippen LogP contribution in [0.25, 0.3) is 0 Å². The van der Waals surface area contributed by atoms with E-state index in [0.717, 1.165) is 6.42 Å². The SMILES string of the molecule is C#CC(CC(=O)OCc1cnc(C)c(OC(=O)CCC/C=C\C)c1COC(=O)CC(C#C)C(C)C)C(C)C. The first-order valence-corrected chi connectivity index (χ1v) is 13.1. The molecule has 0 radical (unpaired) electrons. The van der Waals surface area contributed by atoms with Crippen molar-refractivity contribution < 1.29 is 28.6 Å². The number of carbonyl (C=O) groups excluding carboxylic acids is 3. The number of rotatable bonds is 15. The molecule has 0 saturated carbocycles. The molecule has 0 aliphatic heterocycles. The van der Waals surface area contributed by atoms with Gasteiger partial charge in [0.25, 0.3) is 0 Å². The van der Waals surface area contributed by atoms with Crippen LogP contribution < -0.4 is 4.74 Å². The van der Waals surface area contributed by atoms with Crippen LogP contribution in [0.1, 0.15) is 83.5 Å². The molecule has 0 aliphatic carbocycles. The molecule has 0 N–H and O–H groups in total. The number of terminal acetylenes is 2. The summed E-state index contributed by atoms with van der Waals surface area (Å²) in [5.74, 6) is 3.81. The number of nitrogens with zero attached hydrogens (tertiary/aromatic N) is 1. The maximum Gasteiger partial charge on any atom is 0.311 e. The van der Waals surface area contributed by atoms with Gasteiger partial charge in [-0.2, -0.15) is 0 Å². The van der Waals surface area contributed by atoms with E-state index in [1.165, 1.54) is 6.20 Å². The van der Waals surface area contributed by atoms with Crippen LogP contribution in [-0.2, 0) is 37.1 Å². The highest BCUT2D eigenvalue weighted by molar-refractivity contribution is 5.74. The zero-order valence-electron chi connectivity index (χ0n) is 23.5. The molecule has 0 saturated heterocycles. The Morgan fingerprint density at radius 3 is 2.00 bits per heavy atom. The van der Waals surface area contributed by atoms with Crippen molar-refractivity contribution in [1.82, 2.24) is 4.98 Å². The Kier molecular flexibility index (Phi) is 14.5. The van der Waals surface area contributed by atoms with Crippen molar-refractivity contribution in [2.75, 3.05) is 0 Å². The Labute approximate surface area is 227 Å². The molecule has 1 heterocycles. The van der Waals surface area contributed by atoms with Gasteiger partial charge in [-0.1, -0.05) is 39.8 Å². The quantitative estimate of drug-likeness (QED) is 0.126. The third kappa shape index (κ3) is 11.2. The van der Waals surface area contributed by atoms with Crippen LogP contribution in [0.3, 0.4) is 0 Å². The molecule has 38 heavy (non-hydrogen) atoms. The minimum atomic E-state index is -0.475. The van der Waals surface area contributed by atoms with Gasteiger partial charge in [0.05, 0.1) is 18.5 Å². The lowest BCUT2D eigenvalue weighted by Crippen LogP contribution is -2.18. The Balaban J connectivity index is 3.14. The van der Waals surface area contributed by atoms with Crippen molar-refractivity contribution in [1.29, 1.82) is 0 Å². The normalized spacial score (nSPS) is 12.6. The molecule has 2 atom stereocenters. The Morgan fingerprint density at radius 1 is 0.947 bits per heavy atom. The van der Waals surface area contributed by atoms with Crippen LogP contribution in [-0.4, -0.2) is 22.9 Å². The number of allylic oxidation sites excluding steroid dienone is 2. The van der Waals surface area contributed by atoms with E-state index in [4.69, 9.17) is 27.1 Å². The molecule has 0 aliphatic rings. The zero-order chi connectivity index (χ0) is 28.7. The summed E-state index contributed by atoms with van der Waals surface area (Å²) in [4.78, 5) is 41.9. The van der Waals surface area contributed by atoms with Gasteiger partial charge in [-0.3, -0.25) is 19.4 Å². The van der Waals surface area contributed by atoms with E-state index in [2.05, 4.69) is 16.8 Å². The molecule has 2 unspecified atom stereocenters. The second-order valence-corrected chi connectivity index (χ2v) is 9.88. The number of hydrogen-bond donors (Lipinski definition) is 0. The molecular weight excluding hydrogens is 482 g/mol. The Morgan fingerprint density at radius 2 is 1.50 bits per heavy atom. The number of hydrogen-bond acceptors (Lipinski definition) is 7. The Bertz CT molecular complexity index is 1060. The fraction of sp³-hybridized carbons (Fsp3) is 0.548. The molecule has 0 amide bonds. The largest absolute Gasteiger partial charge is 0.461 e. The topological polar surface area (TPSA) is 91.8 Å². The van der Waals surface area contributed by atoms with Crippen molar-refractivity contribution in [2.24, 2.45) is 23.7 Å². The van der Waals surface area contributed by atoms with Crippen LogP contribution >= 0.6 is 0 Å². The lowest BCUT2D eigenvalue weighted by atomic mass is 9.93. The maximum atomic E-state index is 12.6. The molecule has 0 bridgehead atoms. The summed E-state index contributed by atoms with van der Waals surface area (Å²) >= 11 is 0. The van der Waals surface area contributed by atoms with E-state index in [0.29, 0.717) is 23.2 Å². The van der Waals surface area contributed by atoms with Gasteiger partial charge in [0.2, 0.25) is 0 Å². The number of aromatic nitrogens is 1. The molecule has 0 spiro atoms. The number of ether oxygens (including phenoxy) is 3. The summed E-state index contributed by atoms with van der Waals surface area (Å²) in [6.07, 6.45) is 18.3. The standard InChI is InChI=1S/C31H41NO6/c1-9-12-13-14-15-28(33)38-31-23(8)32-18-26(19-36-29(34)16-24(10-2)21(4)5)27(31)20-37-30(35)17-25(11-3)22(6)7/h2-3,9,12,18,21-22,24-25H,13-17,19-20H2,1,4-8H3/b12-9-. The van der Waals surface area contributed by atoms with Gasteiger partial charge in [0.1, 0.15) is 13.2 Å². The lowest BCUT2D eigenvalue weighted by molar-refractivity contribution is -0.147. The fourth-order valence-corrected chi connectivity index (χ4v) is 3.55. The predicted octanol–water partition coefficient (Wildman–Crippen LogP) is 5.72. The maximum absolute atomic E-state index is 12.6. The van der Waals surface area contributed by atoms with Gasteiger partial charge in [-0.05, 0) is 38.5 Å². The average molecular weight is 524 g/mol. The molecular formula is C31H41NO6. The van der Waals surface area contributed by atoms with Gasteiger partial charge < -0.3 is 14.2 Å². The second-order valence-electron chi connectivity index (χ2n) is 9.88. The van der Waals surface area contributed by atoms with E-state index >= 15 is 0 Å². The number of unbranched alkanes of at least 4 members (excludes halogenated alkanes) is 1. The number of pyridine rings is 1. The third-order valence-electron chi connectivity index (χ3n) is 6.18. The van der Waals surface area contributed by atoms with E-state index in [1.807, 2.05) is 46.8 Å². The molecule has 1 rings (SSSR count). The van der Waals surface area contributed by atoms with Crippen LogP contribution in [0.15, 0.2) is 18.3 Å². The first kappa shape index (κ1) is 32.4. The number of esters is 3. The molecule has 0 aromatic carbocycles. The van der Waals surface area contributed by atoms with Crippen molar-refractivity contribution >= 4 is 17.9 Å². The highest BCUT2D eigenvalue weighted by atomic mass is 16.5. The van der Waals surface area contributed by atoms with Gasteiger partial charge >= 0.3 is 17.9 Å². The van der Waals surface area contributed by atoms with Gasteiger partial charge in [-0.15, -0.1) is 24.7 Å². The molecule has 7 heteroatoms. The second kappa shape index (κ2) is 17.0. The summed E-state index contributed by atoms with van der Waals surface area (Å²) in [6.45, 7) is 11.0. The average Bonchev–Trinajstić information content (AvgIpc) is 2.87. The third-order valence-corrected chi connectivity index (χ3v) is 6.18. The van der Waals surface area contributed by atoms with Crippen molar-refractivity contribution in [3.8, 4) is 30.4 Å². The summed E-state index contributed by atoms with van der Waals surface area (Å²) in [7, 11) is 0. The predicted molar refractivity (Wildman–Crippen MR) is 146 cm³/mol. The van der Waals surface area contributed by atoms with Crippen molar-refractivity contribution in [3.63, 3.8) is 0 Å². The monoisotopic (exact) mass is 523 g/mol. The number of carbonyl (C=O) groups is 3. The van der Waals surface area contributed by atoms with E-state index in [9.17, 15) is 14.4 Å². The molecule has 0 fully saturated rings. The van der Waals surface area contributed by atoms with Gasteiger partial charge in [-0.25, -0.2) is 0 Å². The van der Waals surface area contributed by atoms with E-state index < -0.39 is 17.9 Å². The molecule has 7 nitrogen and oxygen atoms in total. The summed E-state index contributed by atoms with van der Waals surface area (Å²) in [5.41, 5.74) is 1.33. The molecule has 1 aromatic rings. The highest BCUT2D eigenvalue weighted by Gasteiger charge is 2.22. The first-order valence-electron chi connectivity index (χ1n) is 13.1. The van der Waals surface area contributed by atoms with E-state index in [1.54, 1.807) is 6.92 Å². The van der Waals surface area contributed by atoms with Crippen LogP contribution in [0.4, 0.5) is 0 Å². The summed E-state index contributed by atoms with van der Waals surface area (Å²) in [6, 6.07) is 0. The Hall–Kier alpha value is -3.58. The first-order chi connectivity index (χ1) is 18.0. The summed E-state index contributed by atoms with van der Waals surface area (Å²) < 4.78 is 16.7. The molecule has 1 aromatic heterocycles. The minimum absolute atomic E-state index is 0.0608. The van der Waals surface area contributed by atoms with Crippen molar-refractivity contribution in [3.05, 3.63) is 35.2 Å². The van der Waals surface area contributed by atoms with E-state index in [-0.39, 0.29) is 61.9 Å². The molecule has 206 valence electrons. The van der Waals surface area contributed by atoms with Crippen LogP contribution in [0.5, 0.6) is 5.75 Å². The fourth-order valence-electron chi connectivity index (χ4n) is 3.55. The van der Waals surface area contributed by atoms with Gasteiger partial charge in [0, 0.05) is 35.6 Å². The smallest absolute Gasteiger partial charge is 0.311 e. The number of aryl methyl sites for hydroxylation is 1. The minimum Gasteiger partial charge on any atom is -0.461 e. The van der Waals surface area contributed by atoms with Crippen LogP contribution in [0, 0.1) is 55.3 Å². The lowest BCUT2D eigenvalue weighted by Gasteiger charge is -2.18.